The van der Waals surface area contributed by atoms with E-state index in [2.05, 4.69) is 10.3 Å². The van der Waals surface area contributed by atoms with Crippen LogP contribution in [0.15, 0.2) is 85.1 Å². The van der Waals surface area contributed by atoms with E-state index in [0.29, 0.717) is 46.8 Å². The highest BCUT2D eigenvalue weighted by atomic mass is 16.5. The van der Waals surface area contributed by atoms with Crippen molar-refractivity contribution in [1.82, 2.24) is 24.8 Å². The molecule has 0 radical (unpaired) electrons. The van der Waals surface area contributed by atoms with Crippen molar-refractivity contribution in [3.63, 3.8) is 0 Å². The highest BCUT2D eigenvalue weighted by molar-refractivity contribution is 5.95. The Balaban J connectivity index is 1.32. The van der Waals surface area contributed by atoms with Crippen LogP contribution in [0.4, 0.5) is 5.82 Å². The second kappa shape index (κ2) is 11.2. The van der Waals surface area contributed by atoms with E-state index in [-0.39, 0.29) is 23.8 Å². The number of nitrogens with two attached hydrogens (primary N) is 1. The van der Waals surface area contributed by atoms with Gasteiger partial charge in [0, 0.05) is 29.1 Å². The normalized spacial score (nSPS) is 16.8. The number of hydrogen-bond donors (Lipinski definition) is 2. The Morgan fingerprint density at radius 2 is 1.66 bits per heavy atom. The first-order valence-electron chi connectivity index (χ1n) is 13.7. The van der Waals surface area contributed by atoms with E-state index in [0.717, 1.165) is 29.8 Å². The molecule has 0 saturated heterocycles. The summed E-state index contributed by atoms with van der Waals surface area (Å²) >= 11 is 0. The summed E-state index contributed by atoms with van der Waals surface area (Å²) in [5.41, 5.74) is 11.5. The Morgan fingerprint density at radius 1 is 0.902 bits per heavy atom. The summed E-state index contributed by atoms with van der Waals surface area (Å²) in [7, 11) is 1.42. The molecule has 3 heterocycles. The van der Waals surface area contributed by atoms with E-state index < -0.39 is 0 Å². The molecule has 1 amide bonds. The third-order valence-electron chi connectivity index (χ3n) is 7.64. The molecule has 1 aliphatic rings. The van der Waals surface area contributed by atoms with Gasteiger partial charge in [-0.1, -0.05) is 30.3 Å². The number of pyridine rings is 2. The zero-order chi connectivity index (χ0) is 28.3. The number of carbonyl (C=O) groups is 2. The summed E-state index contributed by atoms with van der Waals surface area (Å²) in [5.74, 6) is 0.578. The monoisotopic (exact) mass is 546 g/mol. The Labute approximate surface area is 237 Å². The van der Waals surface area contributed by atoms with E-state index in [1.807, 2.05) is 71.3 Å². The number of fused-ring (bicyclic) bond motifs is 1. The quantitative estimate of drug-likeness (QED) is 0.281. The SMILES string of the molecule is COC(=O)C1CCC(NC(=O)c2ccc(-n3c(-c4cccnc4N)nc4ccc(-c5ccccc5)nc43)cc2)CC1. The number of nitrogens with zero attached hydrogens (tertiary/aromatic N) is 4. The minimum atomic E-state index is -0.171. The first kappa shape index (κ1) is 26.2. The van der Waals surface area contributed by atoms with Crippen LogP contribution in [0.25, 0.3) is 39.5 Å². The third-order valence-corrected chi connectivity index (χ3v) is 7.64. The Morgan fingerprint density at radius 3 is 2.37 bits per heavy atom. The second-order valence-electron chi connectivity index (χ2n) is 10.2. The fourth-order valence-electron chi connectivity index (χ4n) is 5.43. The van der Waals surface area contributed by atoms with Crippen molar-refractivity contribution in [1.29, 1.82) is 0 Å². The highest BCUT2D eigenvalue weighted by Crippen LogP contribution is 2.32. The maximum Gasteiger partial charge on any atom is 0.308 e. The minimum absolute atomic E-state index is 0.0291. The lowest BCUT2D eigenvalue weighted by Gasteiger charge is -2.27. The summed E-state index contributed by atoms with van der Waals surface area (Å²) in [5, 5.41) is 3.12. The van der Waals surface area contributed by atoms with Crippen LogP contribution in [0.2, 0.25) is 0 Å². The van der Waals surface area contributed by atoms with Crippen LogP contribution >= 0.6 is 0 Å². The number of nitrogens with one attached hydrogen (secondary N) is 1. The van der Waals surface area contributed by atoms with E-state index >= 15 is 0 Å². The molecular formula is C32H30N6O3. The summed E-state index contributed by atoms with van der Waals surface area (Å²) in [6.45, 7) is 0. The number of amides is 1. The summed E-state index contributed by atoms with van der Waals surface area (Å²) in [6, 6.07) is 25.0. The number of nitrogen functional groups attached to an aromatic ring is 1. The smallest absolute Gasteiger partial charge is 0.308 e. The molecule has 41 heavy (non-hydrogen) atoms. The molecule has 9 heteroatoms. The van der Waals surface area contributed by atoms with Crippen molar-refractivity contribution < 1.29 is 14.3 Å². The van der Waals surface area contributed by atoms with Crippen LogP contribution in [0.1, 0.15) is 36.0 Å². The number of rotatable bonds is 6. The maximum atomic E-state index is 13.1. The van der Waals surface area contributed by atoms with E-state index in [4.69, 9.17) is 20.4 Å². The van der Waals surface area contributed by atoms with Crippen molar-refractivity contribution in [3.8, 4) is 28.3 Å². The molecule has 0 spiro atoms. The van der Waals surface area contributed by atoms with E-state index in [1.165, 1.54) is 7.11 Å². The predicted molar refractivity (Wildman–Crippen MR) is 157 cm³/mol. The molecule has 0 unspecified atom stereocenters. The average molecular weight is 547 g/mol. The van der Waals surface area contributed by atoms with Crippen LogP contribution in [0.3, 0.4) is 0 Å². The molecule has 0 aliphatic heterocycles. The Hall–Kier alpha value is -5.05. The lowest BCUT2D eigenvalue weighted by Crippen LogP contribution is -2.38. The van der Waals surface area contributed by atoms with Gasteiger partial charge in [0.2, 0.25) is 0 Å². The predicted octanol–water partition coefficient (Wildman–Crippen LogP) is 5.19. The van der Waals surface area contributed by atoms with Gasteiger partial charge in [0.25, 0.3) is 5.91 Å². The van der Waals surface area contributed by atoms with Gasteiger partial charge in [-0.05, 0) is 74.2 Å². The zero-order valence-corrected chi connectivity index (χ0v) is 22.7. The molecule has 1 aliphatic carbocycles. The van der Waals surface area contributed by atoms with Crippen LogP contribution < -0.4 is 11.1 Å². The van der Waals surface area contributed by atoms with Gasteiger partial charge in [-0.3, -0.25) is 14.2 Å². The van der Waals surface area contributed by atoms with Gasteiger partial charge in [-0.2, -0.15) is 0 Å². The molecule has 206 valence electrons. The molecule has 0 atom stereocenters. The standard InChI is InChI=1S/C32H30N6O3/c1-41-32(40)22-9-13-23(14-10-22)35-31(39)21-11-15-24(16-12-21)38-29(25-8-5-19-34-28(25)33)37-27-18-17-26(36-30(27)38)20-6-3-2-4-7-20/h2-8,11-12,15-19,22-23H,9-10,13-14H2,1H3,(H2,33,34)(H,35,39). The molecule has 0 bridgehead atoms. The number of imidazole rings is 1. The summed E-state index contributed by atoms with van der Waals surface area (Å²) in [4.78, 5) is 39.0. The first-order chi connectivity index (χ1) is 20.0. The number of methoxy groups -OCH3 is 1. The summed E-state index contributed by atoms with van der Waals surface area (Å²) in [6.07, 6.45) is 4.56. The molecule has 5 aromatic rings. The van der Waals surface area contributed by atoms with Crippen LogP contribution in [0.5, 0.6) is 0 Å². The first-order valence-corrected chi connectivity index (χ1v) is 13.7. The third kappa shape index (κ3) is 5.26. The lowest BCUT2D eigenvalue weighted by atomic mass is 9.86. The maximum absolute atomic E-state index is 13.1. The number of benzene rings is 2. The zero-order valence-electron chi connectivity index (χ0n) is 22.7. The fourth-order valence-corrected chi connectivity index (χ4v) is 5.43. The summed E-state index contributed by atoms with van der Waals surface area (Å²) < 4.78 is 6.82. The van der Waals surface area contributed by atoms with Gasteiger partial charge >= 0.3 is 5.97 Å². The van der Waals surface area contributed by atoms with Crippen molar-refractivity contribution in [2.24, 2.45) is 5.92 Å². The largest absolute Gasteiger partial charge is 0.469 e. The number of esters is 1. The van der Waals surface area contributed by atoms with Crippen molar-refractivity contribution in [2.45, 2.75) is 31.7 Å². The molecular weight excluding hydrogens is 516 g/mol. The Bertz CT molecular complexity index is 1710. The number of ether oxygens (including phenoxy) is 1. The molecule has 3 aromatic heterocycles. The van der Waals surface area contributed by atoms with Gasteiger partial charge in [0.05, 0.1) is 24.3 Å². The minimum Gasteiger partial charge on any atom is -0.469 e. The van der Waals surface area contributed by atoms with Crippen molar-refractivity contribution >= 4 is 28.9 Å². The fraction of sp³-hybridized carbons (Fsp3) is 0.219. The van der Waals surface area contributed by atoms with Crippen LogP contribution in [0, 0.1) is 5.92 Å². The van der Waals surface area contributed by atoms with Crippen LogP contribution in [-0.4, -0.2) is 44.5 Å². The Kier molecular flexibility index (Phi) is 7.16. The van der Waals surface area contributed by atoms with Crippen LogP contribution in [-0.2, 0) is 9.53 Å². The highest BCUT2D eigenvalue weighted by Gasteiger charge is 2.28. The average Bonchev–Trinajstić information content (AvgIpc) is 3.40. The van der Waals surface area contributed by atoms with Gasteiger partial charge in [-0.25, -0.2) is 15.0 Å². The molecule has 6 rings (SSSR count). The topological polar surface area (TPSA) is 125 Å². The van der Waals surface area contributed by atoms with E-state index in [1.54, 1.807) is 18.3 Å². The van der Waals surface area contributed by atoms with E-state index in [9.17, 15) is 9.59 Å². The van der Waals surface area contributed by atoms with Gasteiger partial charge < -0.3 is 15.8 Å². The molecule has 2 aromatic carbocycles. The lowest BCUT2D eigenvalue weighted by molar-refractivity contribution is -0.146. The number of hydrogen-bond acceptors (Lipinski definition) is 7. The van der Waals surface area contributed by atoms with Crippen molar-refractivity contribution in [3.05, 3.63) is 90.6 Å². The molecule has 3 N–H and O–H groups in total. The molecule has 1 fully saturated rings. The van der Waals surface area contributed by atoms with Crippen molar-refractivity contribution in [2.75, 3.05) is 12.8 Å². The van der Waals surface area contributed by atoms with Gasteiger partial charge in [0.15, 0.2) is 11.5 Å². The van der Waals surface area contributed by atoms with Gasteiger partial charge in [-0.15, -0.1) is 0 Å². The van der Waals surface area contributed by atoms with Gasteiger partial charge in [0.1, 0.15) is 11.3 Å². The number of aromatic nitrogens is 4. The molecule has 9 nitrogen and oxygen atoms in total. The number of anilines is 1. The molecule has 1 saturated carbocycles. The second-order valence-corrected chi connectivity index (χ2v) is 10.2. The number of carbonyl (C=O) groups excluding carboxylic acids is 2.